The van der Waals surface area contributed by atoms with E-state index < -0.39 is 17.6 Å². The molecule has 1 aromatic rings. The molecule has 0 amide bonds. The molecule has 0 bridgehead atoms. The van der Waals surface area contributed by atoms with Crippen LogP contribution in [0, 0.1) is 11.8 Å². The number of carboxylic acids is 1. The Bertz CT molecular complexity index is 608. The van der Waals surface area contributed by atoms with Gasteiger partial charge in [0.05, 0.1) is 0 Å². The van der Waals surface area contributed by atoms with Crippen molar-refractivity contribution >= 4 is 5.97 Å². The van der Waals surface area contributed by atoms with Crippen LogP contribution in [-0.4, -0.2) is 64.3 Å². The molecule has 1 aliphatic heterocycles. The van der Waals surface area contributed by atoms with Crippen molar-refractivity contribution in [1.82, 2.24) is 9.80 Å². The Kier molecular flexibility index (Phi) is 5.42. The number of rotatable bonds is 3. The van der Waals surface area contributed by atoms with Gasteiger partial charge in [-0.2, -0.15) is 0 Å². The summed E-state index contributed by atoms with van der Waals surface area (Å²) in [6, 6.07) is 7.42. The fourth-order valence-electron chi connectivity index (χ4n) is 2.52. The maximum atomic E-state index is 11.3. The molecular formula is C18H24N2O3. The lowest BCUT2D eigenvalue weighted by molar-refractivity contribution is -0.145. The smallest absolute Gasteiger partial charge is 0.322 e. The molecule has 0 unspecified atom stereocenters. The standard InChI is InChI=1S/C18H24N2O3/c1-18(2,23)9-8-14-4-6-15(7-5-14)12-20-11-10-19(3)16(13-20)17(21)22/h4-7,16,23H,10-13H2,1-3H3,(H,21,22)/t16-/m0/s1. The monoisotopic (exact) mass is 316 g/mol. The van der Waals surface area contributed by atoms with E-state index in [2.05, 4.69) is 16.7 Å². The fraction of sp³-hybridized carbons (Fsp3) is 0.500. The van der Waals surface area contributed by atoms with E-state index in [1.807, 2.05) is 36.2 Å². The average Bonchev–Trinajstić information content (AvgIpc) is 2.47. The van der Waals surface area contributed by atoms with Crippen molar-refractivity contribution in [1.29, 1.82) is 0 Å². The first-order valence-electron chi connectivity index (χ1n) is 7.74. The number of carbonyl (C=O) groups is 1. The zero-order valence-electron chi connectivity index (χ0n) is 13.9. The lowest BCUT2D eigenvalue weighted by Crippen LogP contribution is -2.54. The van der Waals surface area contributed by atoms with E-state index in [-0.39, 0.29) is 0 Å². The maximum absolute atomic E-state index is 11.3. The van der Waals surface area contributed by atoms with Crippen LogP contribution in [0.15, 0.2) is 24.3 Å². The van der Waals surface area contributed by atoms with Gasteiger partial charge in [-0.05, 0) is 38.6 Å². The number of aliphatic hydroxyl groups is 1. The third-order valence-electron chi connectivity index (χ3n) is 3.89. The second kappa shape index (κ2) is 7.14. The number of hydrogen-bond acceptors (Lipinski definition) is 4. The number of nitrogens with zero attached hydrogens (tertiary/aromatic N) is 2. The maximum Gasteiger partial charge on any atom is 0.322 e. The lowest BCUT2D eigenvalue weighted by Gasteiger charge is -2.37. The lowest BCUT2D eigenvalue weighted by atomic mass is 10.1. The molecule has 5 heteroatoms. The van der Waals surface area contributed by atoms with E-state index in [9.17, 15) is 15.0 Å². The third-order valence-corrected chi connectivity index (χ3v) is 3.89. The molecule has 1 heterocycles. The van der Waals surface area contributed by atoms with E-state index in [1.54, 1.807) is 13.8 Å². The zero-order chi connectivity index (χ0) is 17.0. The van der Waals surface area contributed by atoms with Crippen molar-refractivity contribution in [2.45, 2.75) is 32.0 Å². The third kappa shape index (κ3) is 5.36. The SMILES string of the molecule is CN1CCN(Cc2ccc(C#CC(C)(C)O)cc2)C[C@H]1C(=O)O. The van der Waals surface area contributed by atoms with Crippen molar-refractivity contribution in [3.63, 3.8) is 0 Å². The summed E-state index contributed by atoms with van der Waals surface area (Å²) in [7, 11) is 1.85. The quantitative estimate of drug-likeness (QED) is 0.815. The molecule has 0 radical (unpaired) electrons. The molecular weight excluding hydrogens is 292 g/mol. The van der Waals surface area contributed by atoms with E-state index in [1.165, 1.54) is 0 Å². The van der Waals surface area contributed by atoms with Gasteiger partial charge in [0.1, 0.15) is 11.6 Å². The van der Waals surface area contributed by atoms with Crippen LogP contribution in [0.4, 0.5) is 0 Å². The van der Waals surface area contributed by atoms with Crippen LogP contribution in [0.1, 0.15) is 25.0 Å². The van der Waals surface area contributed by atoms with Crippen molar-refractivity contribution < 1.29 is 15.0 Å². The van der Waals surface area contributed by atoms with Gasteiger partial charge in [0.2, 0.25) is 0 Å². The van der Waals surface area contributed by atoms with Crippen molar-refractivity contribution in [2.24, 2.45) is 0 Å². The second-order valence-electron chi connectivity index (χ2n) is 6.58. The van der Waals surface area contributed by atoms with Gasteiger partial charge < -0.3 is 10.2 Å². The molecule has 1 aromatic carbocycles. The van der Waals surface area contributed by atoms with Gasteiger partial charge in [0.15, 0.2) is 0 Å². The van der Waals surface area contributed by atoms with Gasteiger partial charge in [-0.3, -0.25) is 14.6 Å². The highest BCUT2D eigenvalue weighted by molar-refractivity contribution is 5.73. The number of carboxylic acid groups (broad SMARTS) is 1. The van der Waals surface area contributed by atoms with E-state index in [0.717, 1.165) is 30.8 Å². The van der Waals surface area contributed by atoms with Gasteiger partial charge >= 0.3 is 5.97 Å². The van der Waals surface area contributed by atoms with Crippen LogP contribution >= 0.6 is 0 Å². The highest BCUT2D eigenvalue weighted by Gasteiger charge is 2.29. The van der Waals surface area contributed by atoms with Gasteiger partial charge in [-0.25, -0.2) is 0 Å². The highest BCUT2D eigenvalue weighted by Crippen LogP contribution is 2.13. The van der Waals surface area contributed by atoms with Gasteiger partial charge in [-0.15, -0.1) is 0 Å². The second-order valence-corrected chi connectivity index (χ2v) is 6.58. The first-order valence-corrected chi connectivity index (χ1v) is 7.74. The molecule has 1 fully saturated rings. The van der Waals surface area contributed by atoms with Crippen molar-refractivity contribution in [3.8, 4) is 11.8 Å². The molecule has 5 nitrogen and oxygen atoms in total. The molecule has 0 spiro atoms. The van der Waals surface area contributed by atoms with Gasteiger partial charge in [-0.1, -0.05) is 24.0 Å². The molecule has 1 saturated heterocycles. The molecule has 0 aromatic heterocycles. The molecule has 124 valence electrons. The molecule has 2 rings (SSSR count). The summed E-state index contributed by atoms with van der Waals surface area (Å²) in [6.07, 6.45) is 0. The summed E-state index contributed by atoms with van der Waals surface area (Å²) in [5.74, 6) is 4.96. The minimum atomic E-state index is -0.996. The van der Waals surface area contributed by atoms with Crippen molar-refractivity contribution in [3.05, 3.63) is 35.4 Å². The number of hydrogen-bond donors (Lipinski definition) is 2. The van der Waals surface area contributed by atoms with E-state index >= 15 is 0 Å². The molecule has 2 N–H and O–H groups in total. The Labute approximate surface area is 137 Å². The predicted octanol–water partition coefficient (Wildman–Crippen LogP) is 1.01. The summed E-state index contributed by atoms with van der Waals surface area (Å²) in [5, 5.41) is 18.9. The number of benzene rings is 1. The number of likely N-dealkylation sites (N-methyl/N-ethyl adjacent to an activating group) is 1. The molecule has 0 saturated carbocycles. The summed E-state index contributed by atoms with van der Waals surface area (Å²) in [4.78, 5) is 15.3. The Morgan fingerprint density at radius 1 is 1.30 bits per heavy atom. The van der Waals surface area contributed by atoms with Crippen LogP contribution in [0.5, 0.6) is 0 Å². The zero-order valence-corrected chi connectivity index (χ0v) is 13.9. The first kappa shape index (κ1) is 17.5. The van der Waals surface area contributed by atoms with Gasteiger partial charge in [0, 0.05) is 31.7 Å². The Balaban J connectivity index is 1.98. The summed E-state index contributed by atoms with van der Waals surface area (Å²) < 4.78 is 0. The highest BCUT2D eigenvalue weighted by atomic mass is 16.4. The van der Waals surface area contributed by atoms with E-state index in [4.69, 9.17) is 0 Å². The van der Waals surface area contributed by atoms with Crippen LogP contribution in [0.3, 0.4) is 0 Å². The largest absolute Gasteiger partial charge is 0.480 e. The molecule has 1 aliphatic rings. The minimum Gasteiger partial charge on any atom is -0.480 e. The van der Waals surface area contributed by atoms with E-state index in [0.29, 0.717) is 6.54 Å². The fourth-order valence-corrected chi connectivity index (χ4v) is 2.52. The van der Waals surface area contributed by atoms with Crippen LogP contribution in [0.2, 0.25) is 0 Å². The Morgan fingerprint density at radius 2 is 1.96 bits per heavy atom. The predicted molar refractivity (Wildman–Crippen MR) is 88.9 cm³/mol. The number of piperazine rings is 1. The molecule has 23 heavy (non-hydrogen) atoms. The summed E-state index contributed by atoms with van der Waals surface area (Å²) in [5.41, 5.74) is 0.995. The van der Waals surface area contributed by atoms with Crippen molar-refractivity contribution in [2.75, 3.05) is 26.7 Å². The average molecular weight is 316 g/mol. The normalized spacial score (nSPS) is 19.9. The van der Waals surface area contributed by atoms with Crippen LogP contribution in [0.25, 0.3) is 0 Å². The van der Waals surface area contributed by atoms with Crippen LogP contribution in [-0.2, 0) is 11.3 Å². The minimum absolute atomic E-state index is 0.444. The first-order chi connectivity index (χ1) is 10.7. The topological polar surface area (TPSA) is 64.0 Å². The Morgan fingerprint density at radius 3 is 2.52 bits per heavy atom. The Hall–Kier alpha value is -1.87. The van der Waals surface area contributed by atoms with Crippen LogP contribution < -0.4 is 0 Å². The summed E-state index contributed by atoms with van der Waals surface area (Å²) >= 11 is 0. The molecule has 1 atom stereocenters. The summed E-state index contributed by atoms with van der Waals surface area (Å²) in [6.45, 7) is 6.19. The van der Waals surface area contributed by atoms with Gasteiger partial charge in [0.25, 0.3) is 0 Å². The molecule has 0 aliphatic carbocycles. The number of aliphatic carboxylic acids is 1.